The molecule has 0 amide bonds. The number of anilines is 1. The molecular formula is C15H15BrClNO. The average molecular weight is 341 g/mol. The van der Waals surface area contributed by atoms with Crippen molar-refractivity contribution in [3.8, 4) is 5.75 Å². The van der Waals surface area contributed by atoms with Crippen molar-refractivity contribution in [1.29, 1.82) is 0 Å². The topological polar surface area (TPSA) is 21.3 Å². The number of benzene rings is 2. The highest BCUT2D eigenvalue weighted by Crippen LogP contribution is 2.28. The van der Waals surface area contributed by atoms with Crippen molar-refractivity contribution in [3.05, 3.63) is 57.0 Å². The number of nitrogens with one attached hydrogen (secondary N) is 1. The van der Waals surface area contributed by atoms with Crippen molar-refractivity contribution in [1.82, 2.24) is 0 Å². The molecule has 100 valence electrons. The Morgan fingerprint density at radius 2 is 2.00 bits per heavy atom. The lowest BCUT2D eigenvalue weighted by Crippen LogP contribution is -2.01. The predicted octanol–water partition coefficient (Wildman–Crippen LogP) is 5.03. The second-order valence-corrected chi connectivity index (χ2v) is 5.60. The molecule has 0 saturated carbocycles. The molecule has 2 aromatic rings. The maximum absolute atomic E-state index is 6.12. The van der Waals surface area contributed by atoms with Gasteiger partial charge in [0.2, 0.25) is 0 Å². The maximum Gasteiger partial charge on any atom is 0.142 e. The lowest BCUT2D eigenvalue weighted by molar-refractivity contribution is 0.416. The summed E-state index contributed by atoms with van der Waals surface area (Å²) in [6, 6.07) is 11.9. The third-order valence-electron chi connectivity index (χ3n) is 2.88. The summed E-state index contributed by atoms with van der Waals surface area (Å²) in [4.78, 5) is 0. The van der Waals surface area contributed by atoms with E-state index in [0.29, 0.717) is 6.54 Å². The SMILES string of the molecule is COc1ccc(Br)cc1NCc1ccc(C)c(Cl)c1. The average Bonchev–Trinajstić information content (AvgIpc) is 2.40. The van der Waals surface area contributed by atoms with Gasteiger partial charge < -0.3 is 10.1 Å². The summed E-state index contributed by atoms with van der Waals surface area (Å²) >= 11 is 9.58. The molecule has 0 atom stereocenters. The fraction of sp³-hybridized carbons (Fsp3) is 0.200. The van der Waals surface area contributed by atoms with E-state index < -0.39 is 0 Å². The molecule has 19 heavy (non-hydrogen) atoms. The van der Waals surface area contributed by atoms with Crippen LogP contribution < -0.4 is 10.1 Å². The van der Waals surface area contributed by atoms with E-state index in [1.165, 1.54) is 0 Å². The molecule has 4 heteroatoms. The summed E-state index contributed by atoms with van der Waals surface area (Å²) in [5.74, 6) is 0.821. The summed E-state index contributed by atoms with van der Waals surface area (Å²) in [6.45, 7) is 2.70. The zero-order valence-corrected chi connectivity index (χ0v) is 13.2. The molecule has 2 aromatic carbocycles. The van der Waals surface area contributed by atoms with Crippen LogP contribution in [0, 0.1) is 6.92 Å². The molecule has 0 aromatic heterocycles. The third-order valence-corrected chi connectivity index (χ3v) is 3.78. The number of methoxy groups -OCH3 is 1. The first kappa shape index (κ1) is 14.2. The minimum Gasteiger partial charge on any atom is -0.495 e. The van der Waals surface area contributed by atoms with Crippen molar-refractivity contribution in [2.75, 3.05) is 12.4 Å². The zero-order valence-electron chi connectivity index (χ0n) is 10.8. The van der Waals surface area contributed by atoms with E-state index in [2.05, 4.69) is 27.3 Å². The van der Waals surface area contributed by atoms with Gasteiger partial charge in [-0.15, -0.1) is 0 Å². The number of hydrogen-bond donors (Lipinski definition) is 1. The Kier molecular flexibility index (Phi) is 4.72. The van der Waals surface area contributed by atoms with Crippen LogP contribution in [0.5, 0.6) is 5.75 Å². The third kappa shape index (κ3) is 3.64. The van der Waals surface area contributed by atoms with E-state index >= 15 is 0 Å². The fourth-order valence-corrected chi connectivity index (χ4v) is 2.33. The number of rotatable bonds is 4. The number of hydrogen-bond acceptors (Lipinski definition) is 2. The van der Waals surface area contributed by atoms with Gasteiger partial charge in [-0.3, -0.25) is 0 Å². The minimum atomic E-state index is 0.701. The Bertz CT molecular complexity index is 586. The lowest BCUT2D eigenvalue weighted by atomic mass is 10.1. The molecule has 1 N–H and O–H groups in total. The highest BCUT2D eigenvalue weighted by atomic mass is 79.9. The molecular weight excluding hydrogens is 326 g/mol. The van der Waals surface area contributed by atoms with Gasteiger partial charge in [-0.1, -0.05) is 39.7 Å². The van der Waals surface area contributed by atoms with E-state index in [1.807, 2.05) is 37.3 Å². The van der Waals surface area contributed by atoms with Gasteiger partial charge in [0, 0.05) is 16.0 Å². The quantitative estimate of drug-likeness (QED) is 0.842. The van der Waals surface area contributed by atoms with Crippen LogP contribution in [0.4, 0.5) is 5.69 Å². The predicted molar refractivity (Wildman–Crippen MR) is 84.2 cm³/mol. The molecule has 0 fully saturated rings. The number of ether oxygens (including phenoxy) is 1. The van der Waals surface area contributed by atoms with Crippen LogP contribution in [-0.4, -0.2) is 7.11 Å². The van der Waals surface area contributed by atoms with E-state index in [-0.39, 0.29) is 0 Å². The highest BCUT2D eigenvalue weighted by molar-refractivity contribution is 9.10. The van der Waals surface area contributed by atoms with Gasteiger partial charge in [-0.05, 0) is 42.3 Å². The summed E-state index contributed by atoms with van der Waals surface area (Å²) in [7, 11) is 1.66. The van der Waals surface area contributed by atoms with Crippen LogP contribution in [0.15, 0.2) is 40.9 Å². The van der Waals surface area contributed by atoms with Crippen molar-refractivity contribution >= 4 is 33.2 Å². The van der Waals surface area contributed by atoms with Gasteiger partial charge in [0.1, 0.15) is 5.75 Å². The second-order valence-electron chi connectivity index (χ2n) is 4.28. The smallest absolute Gasteiger partial charge is 0.142 e. The molecule has 0 saturated heterocycles. The molecule has 0 unspecified atom stereocenters. The van der Waals surface area contributed by atoms with E-state index in [0.717, 1.165) is 32.1 Å². The Balaban J connectivity index is 2.13. The molecule has 0 radical (unpaired) electrons. The summed E-state index contributed by atoms with van der Waals surface area (Å²) < 4.78 is 6.33. The first-order chi connectivity index (χ1) is 9.10. The first-order valence-corrected chi connectivity index (χ1v) is 7.09. The van der Waals surface area contributed by atoms with Gasteiger partial charge in [-0.2, -0.15) is 0 Å². The summed E-state index contributed by atoms with van der Waals surface area (Å²) in [5.41, 5.74) is 3.18. The first-order valence-electron chi connectivity index (χ1n) is 5.92. The van der Waals surface area contributed by atoms with E-state index in [9.17, 15) is 0 Å². The van der Waals surface area contributed by atoms with Crippen molar-refractivity contribution in [2.45, 2.75) is 13.5 Å². The Morgan fingerprint density at radius 1 is 1.21 bits per heavy atom. The molecule has 0 spiro atoms. The molecule has 0 aliphatic heterocycles. The van der Waals surface area contributed by atoms with E-state index in [4.69, 9.17) is 16.3 Å². The van der Waals surface area contributed by atoms with Gasteiger partial charge in [0.15, 0.2) is 0 Å². The standard InChI is InChI=1S/C15H15BrClNO/c1-10-3-4-11(7-13(10)17)9-18-14-8-12(16)5-6-15(14)19-2/h3-8,18H,9H2,1-2H3. The van der Waals surface area contributed by atoms with Crippen LogP contribution in [0.3, 0.4) is 0 Å². The van der Waals surface area contributed by atoms with Gasteiger partial charge in [-0.25, -0.2) is 0 Å². The molecule has 0 bridgehead atoms. The maximum atomic E-state index is 6.12. The van der Waals surface area contributed by atoms with Crippen molar-refractivity contribution < 1.29 is 4.74 Å². The molecule has 0 aliphatic rings. The molecule has 0 heterocycles. The monoisotopic (exact) mass is 339 g/mol. The zero-order chi connectivity index (χ0) is 13.8. The summed E-state index contributed by atoms with van der Waals surface area (Å²) in [5, 5.41) is 4.15. The van der Waals surface area contributed by atoms with Crippen LogP contribution in [0.25, 0.3) is 0 Å². The number of halogens is 2. The van der Waals surface area contributed by atoms with E-state index in [1.54, 1.807) is 7.11 Å². The molecule has 2 rings (SSSR count). The largest absolute Gasteiger partial charge is 0.495 e. The number of aryl methyl sites for hydroxylation is 1. The molecule has 2 nitrogen and oxygen atoms in total. The van der Waals surface area contributed by atoms with Crippen molar-refractivity contribution in [3.63, 3.8) is 0 Å². The van der Waals surface area contributed by atoms with Crippen LogP contribution >= 0.6 is 27.5 Å². The second kappa shape index (κ2) is 6.31. The van der Waals surface area contributed by atoms with Gasteiger partial charge in [0.25, 0.3) is 0 Å². The van der Waals surface area contributed by atoms with Crippen LogP contribution in [-0.2, 0) is 6.54 Å². The minimum absolute atomic E-state index is 0.701. The Morgan fingerprint density at radius 3 is 2.68 bits per heavy atom. The Hall–Kier alpha value is -1.19. The van der Waals surface area contributed by atoms with Crippen LogP contribution in [0.1, 0.15) is 11.1 Å². The van der Waals surface area contributed by atoms with Crippen LogP contribution in [0.2, 0.25) is 5.02 Å². The summed E-state index contributed by atoms with van der Waals surface area (Å²) in [6.07, 6.45) is 0. The van der Waals surface area contributed by atoms with Gasteiger partial charge >= 0.3 is 0 Å². The normalized spacial score (nSPS) is 10.3. The fourth-order valence-electron chi connectivity index (χ4n) is 1.76. The van der Waals surface area contributed by atoms with Crippen molar-refractivity contribution in [2.24, 2.45) is 0 Å². The lowest BCUT2D eigenvalue weighted by Gasteiger charge is -2.12. The highest BCUT2D eigenvalue weighted by Gasteiger charge is 2.04. The molecule has 0 aliphatic carbocycles. The van der Waals surface area contributed by atoms with Gasteiger partial charge in [0.05, 0.1) is 12.8 Å². The Labute approximate surface area is 126 Å².